The predicted octanol–water partition coefficient (Wildman–Crippen LogP) is 1.81. The highest BCUT2D eigenvalue weighted by atomic mass is 16.5. The second-order valence-corrected chi connectivity index (χ2v) is 2.01. The lowest BCUT2D eigenvalue weighted by Crippen LogP contribution is -1.99. The number of ether oxygens (including phenoxy) is 1. The molecule has 0 heterocycles. The Labute approximate surface area is 57.6 Å². The van der Waals surface area contributed by atoms with Crippen LogP contribution in [0.1, 0.15) is 19.8 Å². The predicted molar refractivity (Wildman–Crippen MR) is 39.9 cm³/mol. The second kappa shape index (κ2) is 7.92. The first-order valence-corrected chi connectivity index (χ1v) is 3.55. The van der Waals surface area contributed by atoms with E-state index in [4.69, 9.17) is 4.74 Å². The minimum absolute atomic E-state index is 0.788. The molecule has 0 aromatic carbocycles. The molecule has 0 radical (unpaired) electrons. The van der Waals surface area contributed by atoms with E-state index in [0.29, 0.717) is 0 Å². The molecule has 2 heteroatoms. The fraction of sp³-hybridized carbons (Fsp3) is 1.00. The van der Waals surface area contributed by atoms with Gasteiger partial charge in [0.1, 0.15) is 0 Å². The van der Waals surface area contributed by atoms with Crippen LogP contribution in [-0.2, 0) is 4.74 Å². The molecule has 0 rings (SSSR count). The van der Waals surface area contributed by atoms with Gasteiger partial charge in [-0.05, 0) is 6.42 Å². The van der Waals surface area contributed by atoms with E-state index in [2.05, 4.69) is 12.2 Å². The van der Waals surface area contributed by atoms with E-state index in [-0.39, 0.29) is 0 Å². The highest BCUT2D eigenvalue weighted by Gasteiger charge is 1.80. The molecular weight excluding hydrogens is 114 g/mol. The Bertz CT molecular complexity index is 42.2. The summed E-state index contributed by atoms with van der Waals surface area (Å²) in [4.78, 5) is 0. The zero-order valence-corrected chi connectivity index (χ0v) is 6.39. The number of unbranched alkanes of at least 4 members (excludes halogenated alkanes) is 1. The minimum Gasteiger partial charge on any atom is -0.663 e. The van der Waals surface area contributed by atoms with Gasteiger partial charge in [0, 0.05) is 13.2 Å². The van der Waals surface area contributed by atoms with Crippen molar-refractivity contribution in [1.82, 2.24) is 0 Å². The summed E-state index contributed by atoms with van der Waals surface area (Å²) in [6.45, 7) is 4.68. The molecule has 0 aliphatic carbocycles. The van der Waals surface area contributed by atoms with E-state index in [1.165, 1.54) is 12.8 Å². The summed E-state index contributed by atoms with van der Waals surface area (Å²) in [5.41, 5.74) is 0. The lowest BCUT2D eigenvalue weighted by atomic mass is 10.4. The zero-order valence-electron chi connectivity index (χ0n) is 6.39. The summed E-state index contributed by atoms with van der Waals surface area (Å²) in [5.74, 6) is 0. The maximum absolute atomic E-state index is 5.22. The Balaban J connectivity index is 2.60. The summed E-state index contributed by atoms with van der Waals surface area (Å²) in [7, 11) is 1.81. The van der Waals surface area contributed by atoms with Crippen molar-refractivity contribution in [3.8, 4) is 0 Å². The number of hydrogen-bond donors (Lipinski definition) is 0. The van der Waals surface area contributed by atoms with Gasteiger partial charge in [0.05, 0.1) is 0 Å². The molecule has 0 atom stereocenters. The highest BCUT2D eigenvalue weighted by Crippen LogP contribution is 1.87. The maximum atomic E-state index is 5.22. The molecule has 0 saturated heterocycles. The van der Waals surface area contributed by atoms with E-state index in [1.54, 1.807) is 0 Å². The van der Waals surface area contributed by atoms with Gasteiger partial charge in [-0.3, -0.25) is 0 Å². The third-order valence-electron chi connectivity index (χ3n) is 1.10. The van der Waals surface area contributed by atoms with Crippen molar-refractivity contribution in [3.63, 3.8) is 0 Å². The average molecular weight is 130 g/mol. The van der Waals surface area contributed by atoms with Crippen LogP contribution in [0.5, 0.6) is 0 Å². The Morgan fingerprint density at radius 2 is 2.11 bits per heavy atom. The lowest BCUT2D eigenvalue weighted by molar-refractivity contribution is 0.142. The third-order valence-corrected chi connectivity index (χ3v) is 1.10. The number of nitrogens with zero attached hydrogens (tertiary/aromatic N) is 1. The van der Waals surface area contributed by atoms with Gasteiger partial charge in [0.2, 0.25) is 0 Å². The normalized spacial score (nSPS) is 10.0. The molecule has 0 aliphatic heterocycles. The van der Waals surface area contributed by atoms with Gasteiger partial charge in [-0.15, -0.1) is 6.54 Å². The second-order valence-electron chi connectivity index (χ2n) is 2.01. The molecule has 0 saturated carbocycles. The molecular formula is C7H16NO-. The van der Waals surface area contributed by atoms with Gasteiger partial charge in [-0.1, -0.05) is 13.3 Å². The molecule has 0 fully saturated rings. The summed E-state index contributed by atoms with van der Waals surface area (Å²) >= 11 is 0. The van der Waals surface area contributed by atoms with Crippen LogP contribution in [0.25, 0.3) is 5.32 Å². The first-order valence-electron chi connectivity index (χ1n) is 3.55. The maximum Gasteiger partial charge on any atom is 0.0465 e. The van der Waals surface area contributed by atoms with Gasteiger partial charge in [-0.2, -0.15) is 7.05 Å². The van der Waals surface area contributed by atoms with E-state index in [9.17, 15) is 0 Å². The van der Waals surface area contributed by atoms with Crippen LogP contribution in [0.3, 0.4) is 0 Å². The molecule has 0 spiro atoms. The Kier molecular flexibility index (Phi) is 7.85. The zero-order chi connectivity index (χ0) is 6.95. The fourth-order valence-corrected chi connectivity index (χ4v) is 0.504. The van der Waals surface area contributed by atoms with Crippen molar-refractivity contribution in [3.05, 3.63) is 5.32 Å². The SMILES string of the molecule is CCCCOCC[N-]C. The van der Waals surface area contributed by atoms with Crippen molar-refractivity contribution in [2.75, 3.05) is 26.8 Å². The molecule has 56 valence electrons. The molecule has 0 aliphatic rings. The van der Waals surface area contributed by atoms with Crippen LogP contribution < -0.4 is 0 Å². The topological polar surface area (TPSA) is 23.3 Å². The molecule has 9 heavy (non-hydrogen) atoms. The van der Waals surface area contributed by atoms with E-state index >= 15 is 0 Å². The van der Waals surface area contributed by atoms with Crippen molar-refractivity contribution in [2.24, 2.45) is 0 Å². The minimum atomic E-state index is 0.788. The fourth-order valence-electron chi connectivity index (χ4n) is 0.504. The Hall–Kier alpha value is -0.0800. The van der Waals surface area contributed by atoms with E-state index in [1.807, 2.05) is 7.05 Å². The molecule has 0 aromatic rings. The van der Waals surface area contributed by atoms with Gasteiger partial charge < -0.3 is 10.1 Å². The van der Waals surface area contributed by atoms with Crippen LogP contribution in [0.4, 0.5) is 0 Å². The van der Waals surface area contributed by atoms with E-state index < -0.39 is 0 Å². The molecule has 0 unspecified atom stereocenters. The lowest BCUT2D eigenvalue weighted by Gasteiger charge is -2.09. The average Bonchev–Trinajstić information content (AvgIpc) is 1.89. The molecule has 0 N–H and O–H groups in total. The Morgan fingerprint density at radius 3 is 2.67 bits per heavy atom. The van der Waals surface area contributed by atoms with Crippen molar-refractivity contribution in [1.29, 1.82) is 0 Å². The Morgan fingerprint density at radius 1 is 1.33 bits per heavy atom. The van der Waals surface area contributed by atoms with Gasteiger partial charge in [0.15, 0.2) is 0 Å². The summed E-state index contributed by atoms with van der Waals surface area (Å²) in [5, 5.41) is 3.91. The van der Waals surface area contributed by atoms with Gasteiger partial charge in [-0.25, -0.2) is 0 Å². The van der Waals surface area contributed by atoms with Crippen LogP contribution in [0.15, 0.2) is 0 Å². The highest BCUT2D eigenvalue weighted by molar-refractivity contribution is 4.67. The van der Waals surface area contributed by atoms with Crippen molar-refractivity contribution < 1.29 is 4.74 Å². The summed E-state index contributed by atoms with van der Waals surface area (Å²) in [6.07, 6.45) is 2.38. The molecule has 0 aromatic heterocycles. The van der Waals surface area contributed by atoms with Crippen LogP contribution in [0.2, 0.25) is 0 Å². The molecule has 0 amide bonds. The summed E-state index contributed by atoms with van der Waals surface area (Å²) < 4.78 is 5.22. The molecule has 2 nitrogen and oxygen atoms in total. The van der Waals surface area contributed by atoms with E-state index in [0.717, 1.165) is 19.8 Å². The molecule has 0 bridgehead atoms. The van der Waals surface area contributed by atoms with Crippen LogP contribution >= 0.6 is 0 Å². The first-order chi connectivity index (χ1) is 4.41. The van der Waals surface area contributed by atoms with Gasteiger partial charge in [0.25, 0.3) is 0 Å². The largest absolute Gasteiger partial charge is 0.663 e. The monoisotopic (exact) mass is 130 g/mol. The van der Waals surface area contributed by atoms with Crippen molar-refractivity contribution >= 4 is 0 Å². The van der Waals surface area contributed by atoms with Crippen LogP contribution in [0, 0.1) is 0 Å². The number of likely N-dealkylation sites (N-methyl/N-ethyl adjacent to an activating group) is 1. The van der Waals surface area contributed by atoms with Crippen molar-refractivity contribution in [2.45, 2.75) is 19.8 Å². The quantitative estimate of drug-likeness (QED) is 0.503. The smallest absolute Gasteiger partial charge is 0.0465 e. The van der Waals surface area contributed by atoms with Crippen LogP contribution in [-0.4, -0.2) is 26.8 Å². The number of hydrogen-bond acceptors (Lipinski definition) is 1. The third kappa shape index (κ3) is 7.92. The first kappa shape index (κ1) is 8.92. The van der Waals surface area contributed by atoms with Gasteiger partial charge >= 0.3 is 0 Å². The summed E-state index contributed by atoms with van der Waals surface area (Å²) in [6, 6.07) is 0. The number of rotatable bonds is 6. The standard InChI is InChI=1S/C7H16NO/c1-3-4-6-9-7-5-8-2/h3-7H2,1-2H3/q-1.